The average molecular weight is 328 g/mol. The lowest BCUT2D eigenvalue weighted by Crippen LogP contribution is -2.42. The van der Waals surface area contributed by atoms with Gasteiger partial charge in [-0.25, -0.2) is 0 Å². The number of hydrogen-bond acceptors (Lipinski definition) is 4. The molecule has 1 fully saturated rings. The molecule has 2 N–H and O–H groups in total. The molecule has 0 aliphatic heterocycles. The van der Waals surface area contributed by atoms with Crippen LogP contribution in [0, 0.1) is 16.0 Å². The number of nitro groups is 1. The number of rotatable bonds is 3. The zero-order valence-corrected chi connectivity index (χ0v) is 11.3. The van der Waals surface area contributed by atoms with Crippen LogP contribution in [0.25, 0.3) is 0 Å². The first-order valence-electron chi connectivity index (χ1n) is 5.53. The third-order valence-corrected chi connectivity index (χ3v) is 3.31. The number of carbonyl (C=O) groups excluding carboxylic acids is 2. The van der Waals surface area contributed by atoms with Gasteiger partial charge in [0.25, 0.3) is 11.6 Å². The number of nitrogens with one attached hydrogen (secondary N) is 2. The highest BCUT2D eigenvalue weighted by molar-refractivity contribution is 9.10. The van der Waals surface area contributed by atoms with Gasteiger partial charge in [0.15, 0.2) is 0 Å². The second-order valence-corrected chi connectivity index (χ2v) is 4.99. The number of amides is 2. The van der Waals surface area contributed by atoms with Crippen LogP contribution in [0.2, 0.25) is 0 Å². The van der Waals surface area contributed by atoms with Crippen molar-refractivity contribution in [1.29, 1.82) is 0 Å². The van der Waals surface area contributed by atoms with Crippen molar-refractivity contribution in [3.05, 3.63) is 38.3 Å². The number of carbonyl (C=O) groups is 2. The van der Waals surface area contributed by atoms with Gasteiger partial charge in [-0.3, -0.25) is 30.6 Å². The highest BCUT2D eigenvalue weighted by Crippen LogP contribution is 2.28. The summed E-state index contributed by atoms with van der Waals surface area (Å²) in [5.41, 5.74) is 4.68. The number of benzene rings is 1. The van der Waals surface area contributed by atoms with E-state index in [0.29, 0.717) is 4.47 Å². The molecular weight excluding hydrogens is 318 g/mol. The van der Waals surface area contributed by atoms with Crippen LogP contribution in [-0.2, 0) is 4.79 Å². The van der Waals surface area contributed by atoms with Crippen LogP contribution in [0.1, 0.15) is 23.2 Å². The molecule has 19 heavy (non-hydrogen) atoms. The predicted molar refractivity (Wildman–Crippen MR) is 69.1 cm³/mol. The molecule has 2 amide bonds. The van der Waals surface area contributed by atoms with Gasteiger partial charge in [0.05, 0.1) is 10.5 Å². The lowest BCUT2D eigenvalue weighted by atomic mass is 10.2. The maximum atomic E-state index is 11.8. The Morgan fingerprint density at radius 1 is 1.32 bits per heavy atom. The Balaban J connectivity index is 2.02. The molecule has 2 rings (SSSR count). The summed E-state index contributed by atoms with van der Waals surface area (Å²) in [5.74, 6) is -0.761. The fraction of sp³-hybridized carbons (Fsp3) is 0.273. The van der Waals surface area contributed by atoms with E-state index >= 15 is 0 Å². The molecule has 100 valence electrons. The van der Waals surface area contributed by atoms with Crippen LogP contribution in [0.15, 0.2) is 22.7 Å². The van der Waals surface area contributed by atoms with Gasteiger partial charge in [0.1, 0.15) is 0 Å². The molecule has 8 heteroatoms. The quantitative estimate of drug-likeness (QED) is 0.649. The molecule has 1 aromatic carbocycles. The predicted octanol–water partition coefficient (Wildman–Crippen LogP) is 1.53. The Kier molecular flexibility index (Phi) is 3.79. The molecule has 0 atom stereocenters. The minimum absolute atomic E-state index is 0.0133. The third-order valence-electron chi connectivity index (χ3n) is 2.66. The van der Waals surface area contributed by atoms with Crippen molar-refractivity contribution in [2.45, 2.75) is 12.8 Å². The summed E-state index contributed by atoms with van der Waals surface area (Å²) in [6, 6.07) is 3.78. The number of nitro benzene ring substituents is 1. The second kappa shape index (κ2) is 5.35. The molecule has 7 nitrogen and oxygen atoms in total. The molecule has 0 radical (unpaired) electrons. The molecule has 0 spiro atoms. The zero-order chi connectivity index (χ0) is 14.0. The van der Waals surface area contributed by atoms with E-state index in [1.54, 1.807) is 0 Å². The van der Waals surface area contributed by atoms with Crippen molar-refractivity contribution < 1.29 is 14.5 Å². The Morgan fingerprint density at radius 2 is 2.00 bits per heavy atom. The fourth-order valence-electron chi connectivity index (χ4n) is 1.44. The maximum absolute atomic E-state index is 11.8. The first-order chi connectivity index (χ1) is 8.99. The Labute approximate surface area is 116 Å². The summed E-state index contributed by atoms with van der Waals surface area (Å²) in [6.45, 7) is 0. The Morgan fingerprint density at radius 3 is 2.53 bits per heavy atom. The minimum atomic E-state index is -0.554. The summed E-state index contributed by atoms with van der Waals surface area (Å²) < 4.78 is 0.292. The van der Waals surface area contributed by atoms with E-state index in [-0.39, 0.29) is 23.1 Å². The van der Waals surface area contributed by atoms with Crippen LogP contribution in [0.4, 0.5) is 5.69 Å². The molecule has 1 aromatic rings. The second-order valence-electron chi connectivity index (χ2n) is 4.14. The highest BCUT2D eigenvalue weighted by atomic mass is 79.9. The molecule has 1 aliphatic rings. The van der Waals surface area contributed by atoms with Gasteiger partial charge in [0.2, 0.25) is 5.91 Å². The van der Waals surface area contributed by atoms with Crippen molar-refractivity contribution in [2.24, 2.45) is 5.92 Å². The lowest BCUT2D eigenvalue weighted by molar-refractivity contribution is -0.384. The van der Waals surface area contributed by atoms with Crippen LogP contribution in [0.3, 0.4) is 0 Å². The van der Waals surface area contributed by atoms with E-state index in [2.05, 4.69) is 26.8 Å². The van der Waals surface area contributed by atoms with Gasteiger partial charge in [-0.15, -0.1) is 0 Å². The lowest BCUT2D eigenvalue weighted by Gasteiger charge is -2.07. The number of non-ortho nitro benzene ring substituents is 1. The van der Waals surface area contributed by atoms with Crippen molar-refractivity contribution in [2.75, 3.05) is 0 Å². The fourth-order valence-corrected chi connectivity index (χ4v) is 1.98. The number of halogens is 1. The summed E-state index contributed by atoms with van der Waals surface area (Å²) in [5, 5.41) is 10.6. The van der Waals surface area contributed by atoms with Crippen LogP contribution in [-0.4, -0.2) is 16.7 Å². The first kappa shape index (κ1) is 13.5. The summed E-state index contributed by atoms with van der Waals surface area (Å²) in [6.07, 6.45) is 1.67. The van der Waals surface area contributed by atoms with E-state index in [1.807, 2.05) is 0 Å². The van der Waals surface area contributed by atoms with Crippen molar-refractivity contribution in [1.82, 2.24) is 10.9 Å². The average Bonchev–Trinajstić information content (AvgIpc) is 3.19. The number of nitrogens with zero attached hydrogens (tertiary/aromatic N) is 1. The number of hydrazine groups is 1. The van der Waals surface area contributed by atoms with E-state index in [0.717, 1.165) is 12.8 Å². The smallest absolute Gasteiger partial charge is 0.270 e. The van der Waals surface area contributed by atoms with Crippen molar-refractivity contribution in [3.8, 4) is 0 Å². The molecule has 0 heterocycles. The third kappa shape index (κ3) is 3.28. The topological polar surface area (TPSA) is 101 Å². The van der Waals surface area contributed by atoms with Crippen LogP contribution >= 0.6 is 15.9 Å². The van der Waals surface area contributed by atoms with E-state index in [4.69, 9.17) is 0 Å². The van der Waals surface area contributed by atoms with Gasteiger partial charge in [-0.05, 0) is 34.8 Å². The zero-order valence-electron chi connectivity index (χ0n) is 9.68. The normalized spacial score (nSPS) is 13.7. The Bertz CT molecular complexity index is 557. The van der Waals surface area contributed by atoms with Gasteiger partial charge >= 0.3 is 0 Å². The van der Waals surface area contributed by atoms with E-state index in [1.165, 1.54) is 18.2 Å². The highest BCUT2D eigenvalue weighted by Gasteiger charge is 2.29. The van der Waals surface area contributed by atoms with E-state index < -0.39 is 10.8 Å². The Hall–Kier alpha value is -1.96. The van der Waals surface area contributed by atoms with Crippen LogP contribution < -0.4 is 10.9 Å². The van der Waals surface area contributed by atoms with Gasteiger partial charge in [0, 0.05) is 22.5 Å². The van der Waals surface area contributed by atoms with Gasteiger partial charge < -0.3 is 0 Å². The maximum Gasteiger partial charge on any atom is 0.270 e. The molecule has 1 saturated carbocycles. The first-order valence-corrected chi connectivity index (χ1v) is 6.32. The largest absolute Gasteiger partial charge is 0.273 e. The number of hydrogen-bond donors (Lipinski definition) is 2. The van der Waals surface area contributed by atoms with Crippen molar-refractivity contribution in [3.63, 3.8) is 0 Å². The minimum Gasteiger partial charge on any atom is -0.273 e. The van der Waals surface area contributed by atoms with Gasteiger partial charge in [-0.2, -0.15) is 0 Å². The SMILES string of the molecule is O=C(NNC(=O)C1CC1)c1ccc([N+](=O)[O-])cc1Br. The summed E-state index contributed by atoms with van der Waals surface area (Å²) in [7, 11) is 0. The standard InChI is InChI=1S/C11H10BrN3O4/c12-9-5-7(15(18)19)3-4-8(9)11(17)14-13-10(16)6-1-2-6/h3-6H,1-2H2,(H,13,16)(H,14,17). The van der Waals surface area contributed by atoms with Gasteiger partial charge in [-0.1, -0.05) is 0 Å². The summed E-state index contributed by atoms with van der Waals surface area (Å²) >= 11 is 3.09. The van der Waals surface area contributed by atoms with Crippen LogP contribution in [0.5, 0.6) is 0 Å². The summed E-state index contributed by atoms with van der Waals surface area (Å²) in [4.78, 5) is 33.1. The molecule has 0 unspecified atom stereocenters. The molecular formula is C11H10BrN3O4. The molecule has 1 aliphatic carbocycles. The monoisotopic (exact) mass is 327 g/mol. The molecule has 0 aromatic heterocycles. The van der Waals surface area contributed by atoms with E-state index in [9.17, 15) is 19.7 Å². The van der Waals surface area contributed by atoms with Crippen molar-refractivity contribution >= 4 is 33.4 Å². The molecule has 0 saturated heterocycles. The molecule has 0 bridgehead atoms.